The molecule has 1 aliphatic heterocycles. The quantitative estimate of drug-likeness (QED) is 0.152. The van der Waals surface area contributed by atoms with Crippen molar-refractivity contribution in [2.45, 2.75) is 50.5 Å². The van der Waals surface area contributed by atoms with E-state index in [1.165, 1.54) is 45.5 Å². The number of fused-ring (bicyclic) bond motifs is 8. The van der Waals surface area contributed by atoms with Gasteiger partial charge in [0.05, 0.1) is 7.11 Å². The van der Waals surface area contributed by atoms with Crippen LogP contribution in [0.15, 0.2) is 121 Å². The zero-order valence-electron chi connectivity index (χ0n) is 30.1. The van der Waals surface area contributed by atoms with E-state index in [1.54, 1.807) is 7.11 Å². The summed E-state index contributed by atoms with van der Waals surface area (Å²) in [5.74, 6) is 1.39. The molecule has 1 heterocycles. The fraction of sp³-hybridized carbons (Fsp3) is 0.234. The van der Waals surface area contributed by atoms with Crippen LogP contribution >= 0.6 is 0 Å². The number of ether oxygens (including phenoxy) is 2. The fourth-order valence-electron chi connectivity index (χ4n) is 8.81. The van der Waals surface area contributed by atoms with Gasteiger partial charge in [-0.1, -0.05) is 99.5 Å². The molecule has 0 spiro atoms. The van der Waals surface area contributed by atoms with Crippen LogP contribution in [0.25, 0.3) is 39.1 Å². The fourth-order valence-corrected chi connectivity index (χ4v) is 8.81. The molecule has 0 amide bonds. The zero-order chi connectivity index (χ0) is 35.3. The van der Waals surface area contributed by atoms with Crippen LogP contribution in [0.1, 0.15) is 67.3 Å². The maximum atomic E-state index is 14.4. The third-order valence-electron chi connectivity index (χ3n) is 11.1. The molecule has 0 fully saturated rings. The van der Waals surface area contributed by atoms with Gasteiger partial charge >= 0.3 is 0 Å². The van der Waals surface area contributed by atoms with Crippen molar-refractivity contribution in [1.82, 2.24) is 0 Å². The largest absolute Gasteiger partial charge is 0.497 e. The molecular weight excluding hydrogens is 630 g/mol. The Labute approximate surface area is 301 Å². The molecule has 4 heteroatoms. The second-order valence-corrected chi connectivity index (χ2v) is 14.2. The molecule has 1 aliphatic carbocycles. The lowest BCUT2D eigenvalue weighted by Crippen LogP contribution is -2.35. The highest BCUT2D eigenvalue weighted by molar-refractivity contribution is 6.09. The Kier molecular flexibility index (Phi) is 8.21. The van der Waals surface area contributed by atoms with E-state index in [-0.39, 0.29) is 11.2 Å². The standard InChI is InChI=1S/C47H44FNO2/c1-6-26-46(27-7-2)42-29-32(31-11-9-8-10-12-31)13-23-39(42)43-41-30-37(50-5)22-24-38(41)45-40(44(43)46)25-28-47(51-45,33-14-18-35(48)19-15-33)34-16-20-36(21-17-34)49(3)4/h8-25,28-30H,6-7,26-27H2,1-5H3. The molecule has 0 saturated carbocycles. The lowest BCUT2D eigenvalue weighted by atomic mass is 9.69. The van der Waals surface area contributed by atoms with Gasteiger partial charge in [-0.2, -0.15) is 0 Å². The van der Waals surface area contributed by atoms with Gasteiger partial charge in [0.1, 0.15) is 17.3 Å². The first-order valence-electron chi connectivity index (χ1n) is 18.1. The highest BCUT2D eigenvalue weighted by Gasteiger charge is 2.47. The minimum Gasteiger partial charge on any atom is -0.497 e. The van der Waals surface area contributed by atoms with Crippen LogP contribution in [-0.2, 0) is 11.0 Å². The monoisotopic (exact) mass is 673 g/mol. The summed E-state index contributed by atoms with van der Waals surface area (Å²) in [6.45, 7) is 4.60. The van der Waals surface area contributed by atoms with Gasteiger partial charge in [-0.15, -0.1) is 0 Å². The Morgan fingerprint density at radius 1 is 0.725 bits per heavy atom. The zero-order valence-corrected chi connectivity index (χ0v) is 30.1. The number of anilines is 1. The SMILES string of the molecule is CCCC1(CCC)c2cc(-c3ccccc3)ccc2-c2c1c1c(c3ccc(OC)cc23)OC(c2ccc(F)cc2)(c2ccc(N(C)C)cc2)C=C1. The van der Waals surface area contributed by atoms with Gasteiger partial charge in [0.15, 0.2) is 5.60 Å². The maximum absolute atomic E-state index is 14.4. The Balaban J connectivity index is 1.44. The van der Waals surface area contributed by atoms with Crippen molar-refractivity contribution in [3.8, 4) is 33.8 Å². The molecule has 1 atom stereocenters. The molecule has 0 aromatic heterocycles. The number of nitrogens with zero attached hydrogens (tertiary/aromatic N) is 1. The Morgan fingerprint density at radius 2 is 1.41 bits per heavy atom. The predicted octanol–water partition coefficient (Wildman–Crippen LogP) is 11.9. The van der Waals surface area contributed by atoms with Crippen LogP contribution in [0.3, 0.4) is 0 Å². The van der Waals surface area contributed by atoms with Gasteiger partial charge in [0.2, 0.25) is 0 Å². The summed E-state index contributed by atoms with van der Waals surface area (Å²) in [4.78, 5) is 2.09. The number of benzene rings is 6. The van der Waals surface area contributed by atoms with Crippen LogP contribution < -0.4 is 14.4 Å². The topological polar surface area (TPSA) is 21.7 Å². The van der Waals surface area contributed by atoms with Gasteiger partial charge in [-0.05, 0) is 106 Å². The van der Waals surface area contributed by atoms with Crippen LogP contribution in [-0.4, -0.2) is 21.2 Å². The number of rotatable bonds is 9. The molecule has 6 aromatic carbocycles. The molecule has 3 nitrogen and oxygen atoms in total. The van der Waals surface area contributed by atoms with E-state index in [4.69, 9.17) is 9.47 Å². The van der Waals surface area contributed by atoms with Gasteiger partial charge in [-0.3, -0.25) is 0 Å². The van der Waals surface area contributed by atoms with Crippen molar-refractivity contribution in [3.05, 3.63) is 155 Å². The summed E-state index contributed by atoms with van der Waals surface area (Å²) in [6.07, 6.45) is 8.62. The minimum atomic E-state index is -0.975. The Hall–Kier alpha value is -5.35. The summed E-state index contributed by atoms with van der Waals surface area (Å²) in [6, 6.07) is 39.4. The van der Waals surface area contributed by atoms with Crippen LogP contribution in [0, 0.1) is 5.82 Å². The highest BCUT2D eigenvalue weighted by atomic mass is 19.1. The molecule has 2 aliphatic rings. The van der Waals surface area contributed by atoms with Crippen molar-refractivity contribution in [2.24, 2.45) is 0 Å². The third kappa shape index (κ3) is 5.14. The summed E-state index contributed by atoms with van der Waals surface area (Å²) < 4.78 is 27.8. The van der Waals surface area contributed by atoms with E-state index in [2.05, 4.69) is 116 Å². The molecule has 1 unspecified atom stereocenters. The molecule has 51 heavy (non-hydrogen) atoms. The van der Waals surface area contributed by atoms with E-state index < -0.39 is 5.60 Å². The average molecular weight is 674 g/mol. The van der Waals surface area contributed by atoms with Gasteiger partial charge in [0.25, 0.3) is 0 Å². The molecule has 0 radical (unpaired) electrons. The summed E-state index contributed by atoms with van der Waals surface area (Å²) in [7, 11) is 5.81. The molecule has 0 bridgehead atoms. The van der Waals surface area contributed by atoms with Crippen molar-refractivity contribution in [2.75, 3.05) is 26.1 Å². The predicted molar refractivity (Wildman–Crippen MR) is 210 cm³/mol. The molecule has 0 saturated heterocycles. The molecule has 6 aromatic rings. The van der Waals surface area contributed by atoms with Crippen molar-refractivity contribution in [1.29, 1.82) is 0 Å². The van der Waals surface area contributed by atoms with Gasteiger partial charge in [0, 0.05) is 47.3 Å². The number of halogens is 1. The van der Waals surface area contributed by atoms with E-state index in [0.29, 0.717) is 0 Å². The van der Waals surface area contributed by atoms with Crippen LogP contribution in [0.4, 0.5) is 10.1 Å². The van der Waals surface area contributed by atoms with Gasteiger partial charge in [-0.25, -0.2) is 4.39 Å². The first kappa shape index (κ1) is 32.8. The third-order valence-corrected chi connectivity index (χ3v) is 11.1. The molecule has 0 N–H and O–H groups in total. The lowest BCUT2D eigenvalue weighted by Gasteiger charge is -2.40. The van der Waals surface area contributed by atoms with E-state index >= 15 is 0 Å². The summed E-state index contributed by atoms with van der Waals surface area (Å²) >= 11 is 0. The minimum absolute atomic E-state index is 0.211. The smallest absolute Gasteiger partial charge is 0.178 e. The molecule has 8 rings (SSSR count). The second-order valence-electron chi connectivity index (χ2n) is 14.2. The van der Waals surface area contributed by atoms with E-state index in [0.717, 1.165) is 70.3 Å². The van der Waals surface area contributed by atoms with Crippen molar-refractivity contribution in [3.63, 3.8) is 0 Å². The van der Waals surface area contributed by atoms with Crippen molar-refractivity contribution >= 4 is 22.5 Å². The maximum Gasteiger partial charge on any atom is 0.178 e. The van der Waals surface area contributed by atoms with E-state index in [9.17, 15) is 4.39 Å². The number of hydrogen-bond donors (Lipinski definition) is 0. The average Bonchev–Trinajstić information content (AvgIpc) is 3.44. The van der Waals surface area contributed by atoms with Crippen molar-refractivity contribution < 1.29 is 13.9 Å². The Bertz CT molecular complexity index is 2270. The molecular formula is C47H44FNO2. The number of methoxy groups -OCH3 is 1. The first-order valence-corrected chi connectivity index (χ1v) is 18.1. The second kappa shape index (κ2) is 12.8. The summed E-state index contributed by atoms with van der Waals surface area (Å²) in [5.41, 5.74) is 10.6. The van der Waals surface area contributed by atoms with Crippen LogP contribution in [0.5, 0.6) is 11.5 Å². The summed E-state index contributed by atoms with van der Waals surface area (Å²) in [5, 5.41) is 2.16. The highest BCUT2D eigenvalue weighted by Crippen LogP contribution is 2.61. The Morgan fingerprint density at radius 3 is 2.06 bits per heavy atom. The normalized spacial score (nSPS) is 16.7. The first-order chi connectivity index (χ1) is 24.8. The van der Waals surface area contributed by atoms with Gasteiger partial charge < -0.3 is 14.4 Å². The van der Waals surface area contributed by atoms with E-state index in [1.807, 2.05) is 32.3 Å². The molecule has 256 valence electrons. The van der Waals surface area contributed by atoms with Crippen LogP contribution in [0.2, 0.25) is 0 Å². The lowest BCUT2D eigenvalue weighted by molar-refractivity contribution is 0.163. The number of hydrogen-bond acceptors (Lipinski definition) is 3.